The molecule has 13 heavy (non-hydrogen) atoms. The van der Waals surface area contributed by atoms with Gasteiger partial charge in [-0.15, -0.1) is 0 Å². The molecule has 0 heterocycles. The summed E-state index contributed by atoms with van der Waals surface area (Å²) in [6, 6.07) is 0. The molecule has 0 aromatic rings. The van der Waals surface area contributed by atoms with E-state index in [1.165, 1.54) is 23.5 Å². The molecule has 0 fully saturated rings. The zero-order chi connectivity index (χ0) is 8.69. The molecule has 0 aliphatic rings. The van der Waals surface area contributed by atoms with Crippen molar-refractivity contribution in [3.63, 3.8) is 0 Å². The first kappa shape index (κ1) is 19.2. The van der Waals surface area contributed by atoms with Gasteiger partial charge in [0.2, 0.25) is 0 Å². The smallest absolute Gasteiger partial charge is 0.299 e. The summed E-state index contributed by atoms with van der Waals surface area (Å²) in [5, 5.41) is 11.3. The van der Waals surface area contributed by atoms with Crippen molar-refractivity contribution >= 4 is 33.9 Å². The van der Waals surface area contributed by atoms with E-state index in [-0.39, 0.29) is 34.0 Å². The summed E-state index contributed by atoms with van der Waals surface area (Å²) in [5.41, 5.74) is 10.5. The summed E-state index contributed by atoms with van der Waals surface area (Å²) in [6.07, 6.45) is 1.01. The maximum Gasteiger partial charge on any atom is 0.299 e. The molecule has 0 aliphatic carbocycles. The van der Waals surface area contributed by atoms with Gasteiger partial charge < -0.3 is 34.0 Å². The summed E-state index contributed by atoms with van der Waals surface area (Å²) in [5.74, 6) is 1.84. The van der Waals surface area contributed by atoms with Gasteiger partial charge in [-0.1, -0.05) is 0 Å². The number of nitrogens with two attached hydrogens (primary N) is 4. The van der Waals surface area contributed by atoms with Crippen LogP contribution in [0.15, 0.2) is 0 Å². The molecule has 80 valence electrons. The number of hydrogen-bond acceptors (Lipinski definition) is 2. The molecule has 0 atom stereocenters. The number of thioether (sulfide) groups is 2. The normalized spacial score (nSPS) is 8.00. The van der Waals surface area contributed by atoms with E-state index in [0.29, 0.717) is 10.3 Å². The third-order valence-electron chi connectivity index (χ3n) is 0.826. The van der Waals surface area contributed by atoms with Gasteiger partial charge in [0.05, 0.1) is 0 Å². The van der Waals surface area contributed by atoms with Crippen LogP contribution in [0.3, 0.4) is 0 Å². The van der Waals surface area contributed by atoms with Crippen molar-refractivity contribution in [2.45, 2.75) is 6.42 Å². The number of amidine groups is 2. The van der Waals surface area contributed by atoms with E-state index in [1.54, 1.807) is 0 Å². The topological polar surface area (TPSA) is 103 Å². The van der Waals surface area contributed by atoms with E-state index >= 15 is 0 Å². The predicted molar refractivity (Wildman–Crippen MR) is 51.8 cm³/mol. The first-order valence-electron chi connectivity index (χ1n) is 3.14. The highest BCUT2D eigenvalue weighted by atomic mass is 79.9. The Labute approximate surface area is 108 Å². The van der Waals surface area contributed by atoms with Gasteiger partial charge in [-0.25, -0.2) is 0 Å². The van der Waals surface area contributed by atoms with Gasteiger partial charge >= 0.3 is 0 Å². The predicted octanol–water partition coefficient (Wildman–Crippen LogP) is -9.00. The summed E-state index contributed by atoms with van der Waals surface area (Å²) in [4.78, 5) is 0. The van der Waals surface area contributed by atoms with E-state index < -0.39 is 0 Å². The minimum atomic E-state index is 0. The van der Waals surface area contributed by atoms with Crippen LogP contribution < -0.4 is 56.2 Å². The zero-order valence-corrected chi connectivity index (χ0v) is 11.8. The van der Waals surface area contributed by atoms with E-state index in [1.807, 2.05) is 0 Å². The van der Waals surface area contributed by atoms with Gasteiger partial charge in [0.15, 0.2) is 0 Å². The Bertz CT molecular complexity index is 139. The highest BCUT2D eigenvalue weighted by molar-refractivity contribution is 8.14. The van der Waals surface area contributed by atoms with Crippen LogP contribution in [-0.4, -0.2) is 21.8 Å². The van der Waals surface area contributed by atoms with Crippen LogP contribution in [0.5, 0.6) is 0 Å². The van der Waals surface area contributed by atoms with Crippen LogP contribution in [-0.2, 0) is 0 Å². The molecule has 0 saturated carbocycles. The highest BCUT2D eigenvalue weighted by Crippen LogP contribution is 2.04. The largest absolute Gasteiger partial charge is 1.00 e. The number of hydrogen-bond donors (Lipinski definition) is 4. The van der Waals surface area contributed by atoms with Crippen molar-refractivity contribution < 1.29 is 44.8 Å². The second-order valence-electron chi connectivity index (χ2n) is 1.86. The summed E-state index contributed by atoms with van der Waals surface area (Å²) < 4.78 is 0. The minimum Gasteiger partial charge on any atom is -1.00 e. The van der Waals surface area contributed by atoms with Crippen LogP contribution in [0, 0.1) is 0 Å². The summed E-state index contributed by atoms with van der Waals surface area (Å²) in [6.45, 7) is 0. The number of halogens is 2. The van der Waals surface area contributed by atoms with Gasteiger partial charge in [-0.2, -0.15) is 0 Å². The lowest BCUT2D eigenvalue weighted by Gasteiger charge is -1.93. The molecule has 0 aromatic heterocycles. The SMILES string of the molecule is NC(=[NH2+])SCCCSC(N)=[NH2+].[Br-].[Br-]. The molecule has 0 aliphatic heterocycles. The Kier molecular flexibility index (Phi) is 18.6. The maximum atomic E-state index is 5.23. The molecular weight excluding hydrogens is 340 g/mol. The van der Waals surface area contributed by atoms with E-state index in [9.17, 15) is 0 Å². The molecule has 0 bridgehead atoms. The summed E-state index contributed by atoms with van der Waals surface area (Å²) >= 11 is 2.90. The molecule has 0 saturated heterocycles. The summed E-state index contributed by atoms with van der Waals surface area (Å²) in [7, 11) is 0. The number of rotatable bonds is 4. The van der Waals surface area contributed by atoms with Gasteiger partial charge in [-0.3, -0.25) is 22.3 Å². The van der Waals surface area contributed by atoms with Crippen LogP contribution >= 0.6 is 23.5 Å². The highest BCUT2D eigenvalue weighted by Gasteiger charge is 1.98. The second-order valence-corrected chi connectivity index (χ2v) is 4.19. The fourth-order valence-electron chi connectivity index (χ4n) is 0.439. The first-order chi connectivity index (χ1) is 5.13. The minimum absolute atomic E-state index is 0. The molecule has 0 unspecified atom stereocenters. The van der Waals surface area contributed by atoms with Crippen LogP contribution in [0.25, 0.3) is 0 Å². The zero-order valence-electron chi connectivity index (χ0n) is 7.00. The van der Waals surface area contributed by atoms with Crippen LogP contribution in [0.4, 0.5) is 0 Å². The molecule has 8 N–H and O–H groups in total. The lowest BCUT2D eigenvalue weighted by molar-refractivity contribution is -0.110. The molecule has 0 aromatic carbocycles. The fraction of sp³-hybridized carbons (Fsp3) is 0.600. The third-order valence-corrected chi connectivity index (χ3v) is 2.48. The average Bonchev–Trinajstić information content (AvgIpc) is 1.85. The molecule has 0 amide bonds. The average molecular weight is 354 g/mol. The molecule has 0 radical (unpaired) electrons. The molecule has 0 spiro atoms. The molecule has 0 rings (SSSR count). The van der Waals surface area contributed by atoms with E-state index in [0.717, 1.165) is 17.9 Å². The Morgan fingerprint density at radius 3 is 1.46 bits per heavy atom. The first-order valence-corrected chi connectivity index (χ1v) is 5.11. The van der Waals surface area contributed by atoms with Crippen molar-refractivity contribution in [1.29, 1.82) is 0 Å². The Morgan fingerprint density at radius 1 is 0.923 bits per heavy atom. The third kappa shape index (κ3) is 19.1. The molecule has 4 nitrogen and oxygen atoms in total. The Hall–Kier alpha value is 0.600. The Balaban J connectivity index is -0.000000500. The van der Waals surface area contributed by atoms with Crippen LogP contribution in [0.2, 0.25) is 0 Å². The monoisotopic (exact) mass is 352 g/mol. The standard InChI is InChI=1S/C5H12N4S2.2BrH/c6-4(7)10-2-1-3-11-5(8)9;;/h1-3H2,(H3,6,7)(H3,8,9);2*1H. The maximum absolute atomic E-state index is 5.23. The van der Waals surface area contributed by atoms with Gasteiger partial charge in [-0.05, 0) is 29.9 Å². The van der Waals surface area contributed by atoms with Crippen LogP contribution in [0.1, 0.15) is 6.42 Å². The van der Waals surface area contributed by atoms with Crippen molar-refractivity contribution in [1.82, 2.24) is 0 Å². The lowest BCUT2D eigenvalue weighted by Crippen LogP contribution is -3.00. The lowest BCUT2D eigenvalue weighted by atomic mass is 10.6. The van der Waals surface area contributed by atoms with E-state index in [2.05, 4.69) is 0 Å². The van der Waals surface area contributed by atoms with Gasteiger partial charge in [0.1, 0.15) is 0 Å². The van der Waals surface area contributed by atoms with Gasteiger partial charge in [0.25, 0.3) is 10.3 Å². The molecule has 8 heteroatoms. The fourth-order valence-corrected chi connectivity index (χ4v) is 1.67. The molecular formula is C5H14Br2N4S2. The van der Waals surface area contributed by atoms with Crippen molar-refractivity contribution in [2.75, 3.05) is 11.5 Å². The van der Waals surface area contributed by atoms with Gasteiger partial charge in [0, 0.05) is 11.5 Å². The van der Waals surface area contributed by atoms with Crippen molar-refractivity contribution in [3.05, 3.63) is 0 Å². The Morgan fingerprint density at radius 2 is 1.23 bits per heavy atom. The quantitative estimate of drug-likeness (QED) is 0.229. The second kappa shape index (κ2) is 12.6. The van der Waals surface area contributed by atoms with Crippen molar-refractivity contribution in [3.8, 4) is 0 Å². The van der Waals surface area contributed by atoms with E-state index in [4.69, 9.17) is 22.3 Å². The van der Waals surface area contributed by atoms with Crippen molar-refractivity contribution in [2.24, 2.45) is 11.5 Å².